The van der Waals surface area contributed by atoms with Gasteiger partial charge in [0.15, 0.2) is 5.78 Å². The summed E-state index contributed by atoms with van der Waals surface area (Å²) in [7, 11) is -2.51. The second-order valence-electron chi connectivity index (χ2n) is 9.93. The van der Waals surface area contributed by atoms with Gasteiger partial charge in [0.2, 0.25) is 15.9 Å². The fraction of sp³-hybridized carbons (Fsp3) is 0.393. The number of sulfonamides is 1. The Labute approximate surface area is 233 Å². The van der Waals surface area contributed by atoms with Crippen LogP contribution in [0.3, 0.4) is 0 Å². The lowest BCUT2D eigenvalue weighted by Crippen LogP contribution is -2.59. The Bertz CT molecular complexity index is 1530. The zero-order chi connectivity index (χ0) is 28.9. The number of amides is 2. The van der Waals surface area contributed by atoms with Crippen molar-refractivity contribution in [2.75, 3.05) is 20.2 Å². The van der Waals surface area contributed by atoms with Crippen LogP contribution in [0.1, 0.15) is 50.0 Å². The predicted octanol–water partition coefficient (Wildman–Crippen LogP) is 2.47. The Morgan fingerprint density at radius 2 is 1.90 bits per heavy atom. The number of aromatic nitrogens is 2. The van der Waals surface area contributed by atoms with Crippen LogP contribution in [-0.4, -0.2) is 72.1 Å². The van der Waals surface area contributed by atoms with Gasteiger partial charge in [-0.1, -0.05) is 31.5 Å². The Morgan fingerprint density at radius 1 is 1.15 bits per heavy atom. The maximum atomic E-state index is 13.5. The fourth-order valence-electron chi connectivity index (χ4n) is 4.70. The molecule has 1 aromatic heterocycles. The van der Waals surface area contributed by atoms with E-state index in [-0.39, 0.29) is 30.1 Å². The first-order valence-corrected chi connectivity index (χ1v) is 14.5. The van der Waals surface area contributed by atoms with Crippen LogP contribution in [0.5, 0.6) is 5.75 Å². The van der Waals surface area contributed by atoms with Crippen molar-refractivity contribution in [2.24, 2.45) is 0 Å². The van der Waals surface area contributed by atoms with Gasteiger partial charge >= 0.3 is 0 Å². The largest absolute Gasteiger partial charge is 0.497 e. The second kappa shape index (κ2) is 12.1. The highest BCUT2D eigenvalue weighted by Crippen LogP contribution is 2.23. The molecule has 0 aliphatic carbocycles. The SMILES string of the molecule is CCC[C@](C)(NC(=O)c1cnc2ccccc2n1)C(=O)NC1CCCN(S(=O)(=O)c2cccc(OC)c2)CC1=O. The van der Waals surface area contributed by atoms with Crippen molar-refractivity contribution in [3.63, 3.8) is 0 Å². The number of hydrogen-bond acceptors (Lipinski definition) is 8. The molecule has 2 heterocycles. The van der Waals surface area contributed by atoms with Crippen LogP contribution >= 0.6 is 0 Å². The monoisotopic (exact) mass is 567 g/mol. The Morgan fingerprint density at radius 3 is 2.62 bits per heavy atom. The average molecular weight is 568 g/mol. The Kier molecular flexibility index (Phi) is 8.79. The summed E-state index contributed by atoms with van der Waals surface area (Å²) in [4.78, 5) is 48.4. The first kappa shape index (κ1) is 29.1. The zero-order valence-corrected chi connectivity index (χ0v) is 23.5. The lowest BCUT2D eigenvalue weighted by molar-refractivity contribution is -0.131. The van der Waals surface area contributed by atoms with E-state index >= 15 is 0 Å². The van der Waals surface area contributed by atoms with Gasteiger partial charge in [0.05, 0.1) is 41.8 Å². The summed E-state index contributed by atoms with van der Waals surface area (Å²) < 4.78 is 32.7. The van der Waals surface area contributed by atoms with Crippen molar-refractivity contribution in [1.29, 1.82) is 0 Å². The molecule has 1 unspecified atom stereocenters. The number of nitrogens with one attached hydrogen (secondary N) is 2. The van der Waals surface area contributed by atoms with E-state index in [2.05, 4.69) is 20.6 Å². The van der Waals surface area contributed by atoms with E-state index in [1.807, 2.05) is 13.0 Å². The van der Waals surface area contributed by atoms with Crippen LogP contribution in [0, 0.1) is 0 Å². The highest BCUT2D eigenvalue weighted by molar-refractivity contribution is 7.89. The summed E-state index contributed by atoms with van der Waals surface area (Å²) in [6, 6.07) is 12.3. The topological polar surface area (TPSA) is 148 Å². The van der Waals surface area contributed by atoms with E-state index < -0.39 is 39.2 Å². The third-order valence-electron chi connectivity index (χ3n) is 6.93. The molecule has 2 aromatic carbocycles. The number of carbonyl (C=O) groups is 3. The number of Topliss-reactive ketones (excluding diaryl/α,β-unsaturated/α-hetero) is 1. The van der Waals surface area contributed by atoms with E-state index in [0.717, 1.165) is 4.31 Å². The lowest BCUT2D eigenvalue weighted by Gasteiger charge is -2.31. The summed E-state index contributed by atoms with van der Waals surface area (Å²) in [5.74, 6) is -1.13. The molecule has 40 heavy (non-hydrogen) atoms. The molecular formula is C28H33N5O6S. The minimum atomic E-state index is -3.95. The molecule has 11 nitrogen and oxygen atoms in total. The fourth-order valence-corrected chi connectivity index (χ4v) is 6.18. The number of ether oxygens (including phenoxy) is 1. The molecule has 1 fully saturated rings. The van der Waals surface area contributed by atoms with Crippen molar-refractivity contribution in [3.8, 4) is 5.75 Å². The standard InChI is InChI=1S/C28H33N5O6S/c1-4-14-28(2,32-26(35)24-17-29-21-11-5-6-12-22(21)30-24)27(36)31-23-13-8-15-33(18-25(23)34)40(37,38)20-10-7-9-19(16-20)39-3/h5-7,9-12,16-17,23H,4,8,13-15,18H2,1-3H3,(H,31,36)(H,32,35)/t23?,28-/m0/s1. The van der Waals surface area contributed by atoms with Crippen LogP contribution in [0.2, 0.25) is 0 Å². The number of benzene rings is 2. The van der Waals surface area contributed by atoms with Gasteiger partial charge in [-0.3, -0.25) is 19.4 Å². The van der Waals surface area contributed by atoms with Crippen molar-refractivity contribution in [1.82, 2.24) is 24.9 Å². The van der Waals surface area contributed by atoms with Crippen molar-refractivity contribution in [3.05, 3.63) is 60.4 Å². The van der Waals surface area contributed by atoms with Gasteiger partial charge in [0.25, 0.3) is 5.91 Å². The first-order valence-electron chi connectivity index (χ1n) is 13.1. The molecule has 212 valence electrons. The smallest absolute Gasteiger partial charge is 0.272 e. The van der Waals surface area contributed by atoms with Gasteiger partial charge in [-0.05, 0) is 50.5 Å². The maximum absolute atomic E-state index is 13.5. The number of rotatable bonds is 9. The average Bonchev–Trinajstić information content (AvgIpc) is 3.14. The number of carbonyl (C=O) groups excluding carboxylic acids is 3. The highest BCUT2D eigenvalue weighted by Gasteiger charge is 2.39. The molecule has 0 saturated carbocycles. The molecular weight excluding hydrogens is 534 g/mol. The van der Waals surface area contributed by atoms with Crippen molar-refractivity contribution in [2.45, 2.75) is 56.0 Å². The van der Waals surface area contributed by atoms with Crippen LogP contribution in [0.25, 0.3) is 11.0 Å². The quantitative estimate of drug-likeness (QED) is 0.401. The molecule has 2 N–H and O–H groups in total. The molecule has 0 radical (unpaired) electrons. The van der Waals surface area contributed by atoms with Crippen LogP contribution in [-0.2, 0) is 19.6 Å². The van der Waals surface area contributed by atoms with E-state index in [0.29, 0.717) is 36.0 Å². The number of fused-ring (bicyclic) bond motifs is 1. The molecule has 4 rings (SSSR count). The number of nitrogens with zero attached hydrogens (tertiary/aromatic N) is 3. The molecule has 3 aromatic rings. The molecule has 1 aliphatic heterocycles. The normalized spacial score (nSPS) is 18.0. The highest BCUT2D eigenvalue weighted by atomic mass is 32.2. The summed E-state index contributed by atoms with van der Waals surface area (Å²) in [6.45, 7) is 3.22. The van der Waals surface area contributed by atoms with Gasteiger partial charge in [-0.15, -0.1) is 0 Å². The predicted molar refractivity (Wildman–Crippen MR) is 148 cm³/mol. The van der Waals surface area contributed by atoms with Gasteiger partial charge in [-0.25, -0.2) is 13.4 Å². The first-order chi connectivity index (χ1) is 19.1. The lowest BCUT2D eigenvalue weighted by atomic mass is 9.93. The summed E-state index contributed by atoms with van der Waals surface area (Å²) in [5.41, 5.74) is -0.0764. The van der Waals surface area contributed by atoms with Gasteiger partial charge < -0.3 is 15.4 Å². The van der Waals surface area contributed by atoms with Crippen LogP contribution < -0.4 is 15.4 Å². The minimum Gasteiger partial charge on any atom is -0.497 e. The van der Waals surface area contributed by atoms with E-state index in [1.54, 1.807) is 37.3 Å². The number of methoxy groups -OCH3 is 1. The van der Waals surface area contributed by atoms with Crippen molar-refractivity contribution < 1.29 is 27.5 Å². The number of para-hydroxylation sites is 2. The molecule has 1 aliphatic rings. The summed E-state index contributed by atoms with van der Waals surface area (Å²) in [5, 5.41) is 5.55. The third-order valence-corrected chi connectivity index (χ3v) is 8.77. The van der Waals surface area contributed by atoms with E-state index in [1.165, 1.54) is 25.4 Å². The molecule has 2 amide bonds. The Hall–Kier alpha value is -3.90. The summed E-state index contributed by atoms with van der Waals surface area (Å²) >= 11 is 0. The molecule has 0 spiro atoms. The Balaban J connectivity index is 1.47. The van der Waals surface area contributed by atoms with Gasteiger partial charge in [0, 0.05) is 12.6 Å². The van der Waals surface area contributed by atoms with E-state index in [4.69, 9.17) is 4.74 Å². The number of hydrogen-bond donors (Lipinski definition) is 2. The van der Waals surface area contributed by atoms with E-state index in [9.17, 15) is 22.8 Å². The van der Waals surface area contributed by atoms with Crippen molar-refractivity contribution >= 4 is 38.7 Å². The van der Waals surface area contributed by atoms with Crippen LogP contribution in [0.4, 0.5) is 0 Å². The molecule has 2 atom stereocenters. The van der Waals surface area contributed by atoms with Gasteiger partial charge in [0.1, 0.15) is 17.0 Å². The molecule has 0 bridgehead atoms. The molecule has 12 heteroatoms. The zero-order valence-electron chi connectivity index (χ0n) is 22.7. The van der Waals surface area contributed by atoms with Gasteiger partial charge in [-0.2, -0.15) is 4.31 Å². The minimum absolute atomic E-state index is 0.0251. The van der Waals surface area contributed by atoms with Crippen LogP contribution in [0.15, 0.2) is 59.6 Å². The maximum Gasteiger partial charge on any atom is 0.272 e. The summed E-state index contributed by atoms with van der Waals surface area (Å²) in [6.07, 6.45) is 2.88. The second-order valence-corrected chi connectivity index (χ2v) is 11.9. The number of ketones is 1. The molecule has 1 saturated heterocycles. The third kappa shape index (κ3) is 6.28.